The van der Waals surface area contributed by atoms with E-state index in [1.165, 1.54) is 0 Å². The van der Waals surface area contributed by atoms with Crippen LogP contribution in [0.1, 0.15) is 10.6 Å². The van der Waals surface area contributed by atoms with Crippen LogP contribution in [0, 0.1) is 0 Å². The van der Waals surface area contributed by atoms with Gasteiger partial charge in [-0.2, -0.15) is 13.2 Å². The van der Waals surface area contributed by atoms with Gasteiger partial charge in [-0.25, -0.2) is 4.98 Å². The number of ether oxygens (including phenoxy) is 1. The Morgan fingerprint density at radius 2 is 2.19 bits per heavy atom. The smallest absolute Gasteiger partial charge is 0.434 e. The number of carboxylic acid groups (broad SMARTS) is 1. The van der Waals surface area contributed by atoms with E-state index >= 15 is 0 Å². The Labute approximate surface area is 96.6 Å². The molecule has 0 aliphatic carbocycles. The number of carbonyl (C=O) groups is 1. The molecule has 1 heterocycles. The second-order valence-electron chi connectivity index (χ2n) is 2.60. The maximum absolute atomic E-state index is 12.3. The van der Waals surface area contributed by atoms with Crippen molar-refractivity contribution in [3.8, 4) is 0 Å². The van der Waals surface area contributed by atoms with Crippen molar-refractivity contribution in [2.45, 2.75) is 12.8 Å². The van der Waals surface area contributed by atoms with E-state index in [-0.39, 0.29) is 9.34 Å². The highest BCUT2D eigenvalue weighted by Gasteiger charge is 2.37. The molecule has 4 nitrogen and oxygen atoms in total. The van der Waals surface area contributed by atoms with Crippen molar-refractivity contribution in [2.75, 3.05) is 6.61 Å². The maximum atomic E-state index is 12.3. The van der Waals surface area contributed by atoms with Crippen LogP contribution < -0.4 is 5.11 Å². The average Bonchev–Trinajstić information content (AvgIpc) is 2.45. The van der Waals surface area contributed by atoms with E-state index in [0.29, 0.717) is 11.3 Å². The zero-order chi connectivity index (χ0) is 12.3. The van der Waals surface area contributed by atoms with E-state index in [9.17, 15) is 23.1 Å². The molecule has 90 valence electrons. The first-order chi connectivity index (χ1) is 7.30. The molecule has 0 aliphatic rings. The summed E-state index contributed by atoms with van der Waals surface area (Å²) >= 11 is 5.93. The van der Waals surface area contributed by atoms with Crippen LogP contribution in [0.25, 0.3) is 0 Å². The molecule has 1 aromatic rings. The van der Waals surface area contributed by atoms with Crippen LogP contribution in [0.3, 0.4) is 0 Å². The molecule has 16 heavy (non-hydrogen) atoms. The second kappa shape index (κ2) is 4.98. The molecule has 0 radical (unpaired) electrons. The summed E-state index contributed by atoms with van der Waals surface area (Å²) in [5, 5.41) is 9.98. The normalized spacial score (nSPS) is 11.8. The number of nitrogens with zero attached hydrogens (tertiary/aromatic N) is 1. The van der Waals surface area contributed by atoms with Gasteiger partial charge in [0, 0.05) is 0 Å². The lowest BCUT2D eigenvalue weighted by Crippen LogP contribution is -2.27. The van der Waals surface area contributed by atoms with Gasteiger partial charge in [-0.3, -0.25) is 0 Å². The SMILES string of the molecule is O=C([O-])COCc1sc(Cl)nc1C(F)(F)F. The van der Waals surface area contributed by atoms with Crippen molar-refractivity contribution >= 4 is 28.9 Å². The predicted octanol–water partition coefficient (Wildman–Crippen LogP) is 1.08. The maximum Gasteiger partial charge on any atom is 0.434 e. The van der Waals surface area contributed by atoms with Crippen molar-refractivity contribution in [2.24, 2.45) is 0 Å². The molecule has 0 atom stereocenters. The third-order valence-corrected chi connectivity index (χ3v) is 2.53. The number of aliphatic carboxylic acids is 1. The molecular weight excluding hydrogens is 271 g/mol. The minimum Gasteiger partial charge on any atom is -0.548 e. The number of carboxylic acids is 1. The minimum atomic E-state index is -4.64. The van der Waals surface area contributed by atoms with E-state index in [4.69, 9.17) is 11.6 Å². The van der Waals surface area contributed by atoms with Gasteiger partial charge >= 0.3 is 6.18 Å². The fourth-order valence-electron chi connectivity index (χ4n) is 0.869. The van der Waals surface area contributed by atoms with E-state index in [0.717, 1.165) is 0 Å². The van der Waals surface area contributed by atoms with Crippen molar-refractivity contribution in [1.29, 1.82) is 0 Å². The Morgan fingerprint density at radius 1 is 1.56 bits per heavy atom. The van der Waals surface area contributed by atoms with Crippen LogP contribution in [-0.4, -0.2) is 17.6 Å². The summed E-state index contributed by atoms with van der Waals surface area (Å²) in [6.07, 6.45) is -4.64. The molecule has 0 aromatic carbocycles. The average molecular weight is 275 g/mol. The highest BCUT2D eigenvalue weighted by atomic mass is 35.5. The lowest BCUT2D eigenvalue weighted by Gasteiger charge is -2.07. The first kappa shape index (κ1) is 13.2. The van der Waals surface area contributed by atoms with Crippen molar-refractivity contribution in [3.63, 3.8) is 0 Å². The molecule has 0 N–H and O–H groups in total. The third kappa shape index (κ3) is 3.62. The Bertz CT molecular complexity index is 393. The lowest BCUT2D eigenvalue weighted by atomic mass is 10.3. The molecule has 0 unspecified atom stereocenters. The lowest BCUT2D eigenvalue weighted by molar-refractivity contribution is -0.309. The zero-order valence-electron chi connectivity index (χ0n) is 7.51. The summed E-state index contributed by atoms with van der Waals surface area (Å²) in [5.74, 6) is -1.51. The van der Waals surface area contributed by atoms with E-state index in [1.54, 1.807) is 0 Å². The van der Waals surface area contributed by atoms with Crippen LogP contribution in [0.15, 0.2) is 0 Å². The van der Waals surface area contributed by atoms with Crippen molar-refractivity contribution < 1.29 is 27.8 Å². The number of thiazole rings is 1. The first-order valence-corrected chi connectivity index (χ1v) is 5.00. The van der Waals surface area contributed by atoms with Gasteiger partial charge in [-0.05, 0) is 0 Å². The molecule has 0 saturated carbocycles. The van der Waals surface area contributed by atoms with Crippen LogP contribution in [-0.2, 0) is 22.3 Å². The number of carbonyl (C=O) groups excluding carboxylic acids is 1. The highest BCUT2D eigenvalue weighted by molar-refractivity contribution is 7.15. The molecule has 9 heteroatoms. The van der Waals surface area contributed by atoms with Gasteiger partial charge < -0.3 is 14.6 Å². The summed E-state index contributed by atoms with van der Waals surface area (Å²) in [7, 11) is 0. The highest BCUT2D eigenvalue weighted by Crippen LogP contribution is 2.36. The fraction of sp³-hybridized carbons (Fsp3) is 0.429. The van der Waals surface area contributed by atoms with Gasteiger partial charge in [0.05, 0.1) is 24.1 Å². The van der Waals surface area contributed by atoms with Crippen molar-refractivity contribution in [1.82, 2.24) is 4.98 Å². The second-order valence-corrected chi connectivity index (χ2v) is 4.27. The number of rotatable bonds is 4. The van der Waals surface area contributed by atoms with Gasteiger partial charge in [0.15, 0.2) is 10.2 Å². The molecule has 1 aromatic heterocycles. The van der Waals surface area contributed by atoms with Gasteiger partial charge in [-0.1, -0.05) is 11.6 Å². The molecule has 0 spiro atoms. The Morgan fingerprint density at radius 3 is 2.69 bits per heavy atom. The summed E-state index contributed by atoms with van der Waals surface area (Å²) in [6, 6.07) is 0. The molecule has 0 aliphatic heterocycles. The number of halogens is 4. The van der Waals surface area contributed by atoms with E-state index in [1.807, 2.05) is 0 Å². The number of hydrogen-bond donors (Lipinski definition) is 0. The first-order valence-electron chi connectivity index (χ1n) is 3.80. The van der Waals surface area contributed by atoms with Gasteiger partial charge in [-0.15, -0.1) is 11.3 Å². The molecular formula is C7H4ClF3NO3S-. The summed E-state index contributed by atoms with van der Waals surface area (Å²) in [4.78, 5) is 12.8. The number of alkyl halides is 3. The van der Waals surface area contributed by atoms with E-state index < -0.39 is 31.1 Å². The third-order valence-electron chi connectivity index (χ3n) is 1.39. The van der Waals surface area contributed by atoms with Gasteiger partial charge in [0.25, 0.3) is 0 Å². The van der Waals surface area contributed by atoms with Gasteiger partial charge in [0.1, 0.15) is 0 Å². The summed E-state index contributed by atoms with van der Waals surface area (Å²) in [5.41, 5.74) is -1.15. The predicted molar refractivity (Wildman–Crippen MR) is 46.8 cm³/mol. The summed E-state index contributed by atoms with van der Waals surface area (Å²) in [6.45, 7) is -1.31. The van der Waals surface area contributed by atoms with Gasteiger partial charge in [0.2, 0.25) is 0 Å². The number of hydrogen-bond acceptors (Lipinski definition) is 5. The number of aromatic nitrogens is 1. The molecule has 0 bridgehead atoms. The Balaban J connectivity index is 2.75. The van der Waals surface area contributed by atoms with Crippen LogP contribution >= 0.6 is 22.9 Å². The largest absolute Gasteiger partial charge is 0.548 e. The molecule has 0 fully saturated rings. The van der Waals surface area contributed by atoms with Crippen LogP contribution in [0.4, 0.5) is 13.2 Å². The van der Waals surface area contributed by atoms with Crippen molar-refractivity contribution in [3.05, 3.63) is 15.0 Å². The van der Waals surface area contributed by atoms with Crippen LogP contribution in [0.5, 0.6) is 0 Å². The fourth-order valence-corrected chi connectivity index (χ4v) is 1.97. The standard InChI is InChI=1S/C7H5ClF3NO3S/c8-6-12-5(7(9,10)11)3(16-6)1-15-2-4(13)14/h1-2H2,(H,13,14)/p-1. The van der Waals surface area contributed by atoms with E-state index in [2.05, 4.69) is 9.72 Å². The monoisotopic (exact) mass is 274 g/mol. The molecule has 0 amide bonds. The molecule has 0 saturated heterocycles. The molecule has 1 rings (SSSR count). The van der Waals surface area contributed by atoms with Crippen LogP contribution in [0.2, 0.25) is 4.47 Å². The quantitative estimate of drug-likeness (QED) is 0.824. The zero-order valence-corrected chi connectivity index (χ0v) is 9.08. The topological polar surface area (TPSA) is 62.2 Å². The minimum absolute atomic E-state index is 0.265. The summed E-state index contributed by atoms with van der Waals surface area (Å²) < 4.78 is 41.2. The Kier molecular flexibility index (Phi) is 4.11. The Hall–Kier alpha value is -0.860.